The summed E-state index contributed by atoms with van der Waals surface area (Å²) in [7, 11) is 0. The summed E-state index contributed by atoms with van der Waals surface area (Å²) < 4.78 is 0. The molecule has 5 heteroatoms. The first-order valence-electron chi connectivity index (χ1n) is 4.21. The van der Waals surface area contributed by atoms with Gasteiger partial charge in [-0.25, -0.2) is 4.98 Å². The molecule has 1 aromatic heterocycles. The van der Waals surface area contributed by atoms with Gasteiger partial charge in [0.2, 0.25) is 6.41 Å². The molecule has 0 atom stereocenters. The largest absolute Gasteiger partial charge is 0.305 e. The zero-order chi connectivity index (χ0) is 10.7. The van der Waals surface area contributed by atoms with E-state index in [4.69, 9.17) is 11.6 Å². The van der Waals surface area contributed by atoms with Crippen molar-refractivity contribution in [2.24, 2.45) is 0 Å². The number of benzene rings is 1. The van der Waals surface area contributed by atoms with E-state index in [0.717, 1.165) is 11.3 Å². The molecule has 1 N–H and O–H groups in total. The van der Waals surface area contributed by atoms with Crippen LogP contribution in [0.15, 0.2) is 29.6 Å². The molecule has 0 saturated heterocycles. The number of nitrogens with one attached hydrogen (secondary N) is 1. The first-order valence-corrected chi connectivity index (χ1v) is 5.47. The minimum atomic E-state index is 0.593. The van der Waals surface area contributed by atoms with E-state index in [1.807, 2.05) is 29.6 Å². The Hall–Kier alpha value is -1.39. The van der Waals surface area contributed by atoms with Crippen LogP contribution in [0.2, 0.25) is 5.02 Å². The molecule has 0 aliphatic heterocycles. The highest BCUT2D eigenvalue weighted by Crippen LogP contribution is 2.25. The predicted molar refractivity (Wildman–Crippen MR) is 62.2 cm³/mol. The van der Waals surface area contributed by atoms with Gasteiger partial charge in [-0.05, 0) is 12.1 Å². The van der Waals surface area contributed by atoms with Crippen molar-refractivity contribution < 1.29 is 4.79 Å². The second-order valence-corrected chi connectivity index (χ2v) is 4.10. The topological polar surface area (TPSA) is 42.0 Å². The predicted octanol–water partition coefficient (Wildman–Crippen LogP) is 3.03. The number of thiazole rings is 1. The number of hydrogen-bond donors (Lipinski definition) is 1. The van der Waals surface area contributed by atoms with Crippen molar-refractivity contribution in [3.05, 3.63) is 34.7 Å². The summed E-state index contributed by atoms with van der Waals surface area (Å²) in [6.07, 6.45) is 0.616. The molecule has 0 saturated carbocycles. The summed E-state index contributed by atoms with van der Waals surface area (Å²) in [5, 5.41) is 5.68. The van der Waals surface area contributed by atoms with E-state index in [1.165, 1.54) is 11.3 Å². The van der Waals surface area contributed by atoms with E-state index in [9.17, 15) is 4.79 Å². The van der Waals surface area contributed by atoms with E-state index in [1.54, 1.807) is 0 Å². The van der Waals surface area contributed by atoms with Gasteiger partial charge in [0.15, 0.2) is 5.13 Å². The summed E-state index contributed by atoms with van der Waals surface area (Å²) in [4.78, 5) is 14.4. The highest BCUT2D eigenvalue weighted by Gasteiger charge is 2.03. The van der Waals surface area contributed by atoms with E-state index in [-0.39, 0.29) is 0 Å². The van der Waals surface area contributed by atoms with Crippen molar-refractivity contribution in [1.29, 1.82) is 0 Å². The van der Waals surface area contributed by atoms with E-state index < -0.39 is 0 Å². The maximum Gasteiger partial charge on any atom is 0.213 e. The van der Waals surface area contributed by atoms with Gasteiger partial charge in [-0.1, -0.05) is 23.7 Å². The quantitative estimate of drug-likeness (QED) is 0.836. The third-order valence-corrected chi connectivity index (χ3v) is 2.85. The average molecular weight is 239 g/mol. The molecule has 15 heavy (non-hydrogen) atoms. The first-order chi connectivity index (χ1) is 7.29. The van der Waals surface area contributed by atoms with Gasteiger partial charge in [0.05, 0.1) is 5.69 Å². The molecule has 0 fully saturated rings. The lowest BCUT2D eigenvalue weighted by atomic mass is 10.2. The molecular formula is C10H7ClN2OS. The molecule has 0 radical (unpaired) electrons. The highest BCUT2D eigenvalue weighted by molar-refractivity contribution is 7.14. The SMILES string of the molecule is O=CNc1nc(-c2ccc(Cl)cc2)cs1. The smallest absolute Gasteiger partial charge is 0.213 e. The Kier molecular flexibility index (Phi) is 2.99. The van der Waals surface area contributed by atoms with Gasteiger partial charge in [-0.15, -0.1) is 11.3 Å². The molecule has 2 rings (SSSR count). The fraction of sp³-hybridized carbons (Fsp3) is 0. The van der Waals surface area contributed by atoms with Crippen molar-refractivity contribution in [1.82, 2.24) is 4.98 Å². The lowest BCUT2D eigenvalue weighted by molar-refractivity contribution is -0.105. The molecule has 0 unspecified atom stereocenters. The molecule has 0 aliphatic carbocycles. The van der Waals surface area contributed by atoms with Gasteiger partial charge in [-0.3, -0.25) is 4.79 Å². The molecule has 1 amide bonds. The Balaban J connectivity index is 2.28. The number of nitrogens with zero attached hydrogens (tertiary/aromatic N) is 1. The number of carbonyl (C=O) groups is 1. The number of rotatable bonds is 3. The van der Waals surface area contributed by atoms with E-state index in [2.05, 4.69) is 10.3 Å². The zero-order valence-corrected chi connectivity index (χ0v) is 9.18. The lowest BCUT2D eigenvalue weighted by Gasteiger charge is -1.95. The molecule has 3 nitrogen and oxygen atoms in total. The van der Waals surface area contributed by atoms with Crippen LogP contribution in [0.3, 0.4) is 0 Å². The Bertz CT molecular complexity index is 467. The van der Waals surface area contributed by atoms with Gasteiger partial charge < -0.3 is 5.32 Å². The van der Waals surface area contributed by atoms with Crippen LogP contribution in [-0.4, -0.2) is 11.4 Å². The van der Waals surface area contributed by atoms with Gasteiger partial charge in [-0.2, -0.15) is 0 Å². The van der Waals surface area contributed by atoms with Gasteiger partial charge in [0, 0.05) is 16.0 Å². The summed E-state index contributed by atoms with van der Waals surface area (Å²) in [5.74, 6) is 0. The maximum atomic E-state index is 10.2. The number of carbonyl (C=O) groups excluding carboxylic acids is 1. The molecule has 0 spiro atoms. The summed E-state index contributed by atoms with van der Waals surface area (Å²) >= 11 is 7.16. The van der Waals surface area contributed by atoms with Crippen LogP contribution < -0.4 is 5.32 Å². The standard InChI is InChI=1S/C10H7ClN2OS/c11-8-3-1-7(2-4-8)9-5-15-10(13-9)12-6-14/h1-6H,(H,12,13,14). The van der Waals surface area contributed by atoms with Crippen LogP contribution in [0.5, 0.6) is 0 Å². The van der Waals surface area contributed by atoms with Crippen molar-refractivity contribution in [3.63, 3.8) is 0 Å². The monoisotopic (exact) mass is 238 g/mol. The Morgan fingerprint density at radius 2 is 2.07 bits per heavy atom. The molecule has 2 aromatic rings. The van der Waals surface area contributed by atoms with Crippen molar-refractivity contribution in [2.75, 3.05) is 5.32 Å². The fourth-order valence-corrected chi connectivity index (χ4v) is 1.95. The lowest BCUT2D eigenvalue weighted by Crippen LogP contribution is -1.91. The molecular weight excluding hydrogens is 232 g/mol. The average Bonchev–Trinajstić information content (AvgIpc) is 2.68. The molecule has 0 aliphatic rings. The van der Waals surface area contributed by atoms with Crippen LogP contribution in [0.25, 0.3) is 11.3 Å². The highest BCUT2D eigenvalue weighted by atomic mass is 35.5. The first kappa shape index (κ1) is 10.1. The zero-order valence-electron chi connectivity index (χ0n) is 7.61. The van der Waals surface area contributed by atoms with E-state index in [0.29, 0.717) is 16.6 Å². The fourth-order valence-electron chi connectivity index (χ4n) is 1.14. The van der Waals surface area contributed by atoms with Gasteiger partial charge in [0.1, 0.15) is 0 Å². The van der Waals surface area contributed by atoms with Crippen LogP contribution in [0, 0.1) is 0 Å². The summed E-state index contributed by atoms with van der Waals surface area (Å²) in [6.45, 7) is 0. The van der Waals surface area contributed by atoms with Crippen molar-refractivity contribution in [3.8, 4) is 11.3 Å². The van der Waals surface area contributed by atoms with Crippen LogP contribution in [0.1, 0.15) is 0 Å². The molecule has 0 bridgehead atoms. The summed E-state index contributed by atoms with van der Waals surface area (Å²) in [5.41, 5.74) is 1.82. The number of aromatic nitrogens is 1. The van der Waals surface area contributed by atoms with Gasteiger partial charge in [0.25, 0.3) is 0 Å². The second kappa shape index (κ2) is 4.42. The minimum absolute atomic E-state index is 0.593. The van der Waals surface area contributed by atoms with E-state index >= 15 is 0 Å². The summed E-state index contributed by atoms with van der Waals surface area (Å²) in [6, 6.07) is 7.40. The van der Waals surface area contributed by atoms with Crippen LogP contribution in [-0.2, 0) is 4.79 Å². The maximum absolute atomic E-state index is 10.2. The molecule has 1 heterocycles. The number of anilines is 1. The van der Waals surface area contributed by atoms with Crippen molar-refractivity contribution >= 4 is 34.5 Å². The number of hydrogen-bond acceptors (Lipinski definition) is 3. The minimum Gasteiger partial charge on any atom is -0.305 e. The number of halogens is 1. The third kappa shape index (κ3) is 2.34. The van der Waals surface area contributed by atoms with Crippen LogP contribution in [0.4, 0.5) is 5.13 Å². The van der Waals surface area contributed by atoms with Crippen LogP contribution >= 0.6 is 22.9 Å². The number of amides is 1. The Morgan fingerprint density at radius 1 is 1.33 bits per heavy atom. The third-order valence-electron chi connectivity index (χ3n) is 1.83. The second-order valence-electron chi connectivity index (χ2n) is 2.81. The van der Waals surface area contributed by atoms with Crippen molar-refractivity contribution in [2.45, 2.75) is 0 Å². The molecule has 1 aromatic carbocycles. The normalized spacial score (nSPS) is 9.93. The molecule has 76 valence electrons. The Morgan fingerprint density at radius 3 is 2.73 bits per heavy atom. The Labute approximate surface area is 95.7 Å². The van der Waals surface area contributed by atoms with Gasteiger partial charge >= 0.3 is 0 Å².